The van der Waals surface area contributed by atoms with E-state index < -0.39 is 6.10 Å². The van der Waals surface area contributed by atoms with Crippen molar-refractivity contribution >= 4 is 17.9 Å². The van der Waals surface area contributed by atoms with Gasteiger partial charge >= 0.3 is 17.9 Å². The Morgan fingerprint density at radius 1 is 0.263 bits per heavy atom. The molecule has 0 amide bonds. The van der Waals surface area contributed by atoms with Gasteiger partial charge in [-0.15, -0.1) is 0 Å². The molecule has 0 spiro atoms. The summed E-state index contributed by atoms with van der Waals surface area (Å²) >= 11 is 0. The summed E-state index contributed by atoms with van der Waals surface area (Å²) in [4.78, 5) is 38.3. The molecule has 0 bridgehead atoms. The second kappa shape index (κ2) is 68.3. The summed E-state index contributed by atoms with van der Waals surface area (Å²) in [7, 11) is 0. The largest absolute Gasteiger partial charge is 0.462 e. The molecule has 1 atom stereocenters. The normalized spacial score (nSPS) is 12.5. The summed E-state index contributed by atoms with van der Waals surface area (Å²) in [6.07, 6.45) is 89.5. The lowest BCUT2D eigenvalue weighted by atomic mass is 10.0. The van der Waals surface area contributed by atoms with Crippen LogP contribution >= 0.6 is 0 Å². The minimum absolute atomic E-state index is 0.0768. The summed E-state index contributed by atoms with van der Waals surface area (Å²) < 4.78 is 16.9. The molecule has 0 aliphatic rings. The van der Waals surface area contributed by atoms with E-state index in [1.165, 1.54) is 218 Å². The summed E-state index contributed by atoms with van der Waals surface area (Å²) in [5.41, 5.74) is 0. The van der Waals surface area contributed by atoms with E-state index in [2.05, 4.69) is 93.7 Å². The molecule has 0 aromatic heterocycles. The first-order valence-corrected chi connectivity index (χ1v) is 34.9. The van der Waals surface area contributed by atoms with Crippen LogP contribution in [0.5, 0.6) is 0 Å². The van der Waals surface area contributed by atoms with Crippen LogP contribution in [0.2, 0.25) is 0 Å². The van der Waals surface area contributed by atoms with Gasteiger partial charge in [0.2, 0.25) is 0 Å². The molecule has 0 fully saturated rings. The molecule has 0 heterocycles. The van der Waals surface area contributed by atoms with E-state index in [0.717, 1.165) is 103 Å². The SMILES string of the molecule is CC/C=C\C/C=C\C/C=C\C/C=C\CCCCCCCCC(=O)OC(COC(=O)CCCCCCCCCCCC)COC(=O)CCCCCCCCCCCCCCCCCCCCCCC/C=C\C/C=C\CCCCCCC. The maximum Gasteiger partial charge on any atom is 0.306 e. The van der Waals surface area contributed by atoms with E-state index >= 15 is 0 Å². The van der Waals surface area contributed by atoms with Crippen LogP contribution in [0, 0.1) is 0 Å². The maximum absolute atomic E-state index is 12.9. The van der Waals surface area contributed by atoms with E-state index in [0.29, 0.717) is 19.3 Å². The van der Waals surface area contributed by atoms with E-state index in [1.807, 2.05) is 0 Å². The van der Waals surface area contributed by atoms with Gasteiger partial charge in [-0.2, -0.15) is 0 Å². The van der Waals surface area contributed by atoms with Gasteiger partial charge < -0.3 is 14.2 Å². The van der Waals surface area contributed by atoms with Gasteiger partial charge in [-0.3, -0.25) is 14.4 Å². The number of hydrogen-bond acceptors (Lipinski definition) is 6. The smallest absolute Gasteiger partial charge is 0.306 e. The lowest BCUT2D eigenvalue weighted by Crippen LogP contribution is -2.30. The number of allylic oxidation sites excluding steroid dienone is 12. The molecule has 0 aromatic carbocycles. The topological polar surface area (TPSA) is 78.9 Å². The van der Waals surface area contributed by atoms with E-state index in [4.69, 9.17) is 14.2 Å². The molecule has 0 rings (SSSR count). The van der Waals surface area contributed by atoms with Crippen molar-refractivity contribution < 1.29 is 28.6 Å². The summed E-state index contributed by atoms with van der Waals surface area (Å²) in [6, 6.07) is 0. The number of carbonyl (C=O) groups is 3. The molecule has 0 aliphatic heterocycles. The Morgan fingerprint density at radius 2 is 0.487 bits per heavy atom. The molecule has 0 aliphatic carbocycles. The number of ether oxygens (including phenoxy) is 3. The van der Waals surface area contributed by atoms with Crippen molar-refractivity contribution in [1.82, 2.24) is 0 Å². The van der Waals surface area contributed by atoms with Crippen LogP contribution in [-0.4, -0.2) is 37.2 Å². The first kappa shape index (κ1) is 76.9. The Hall–Kier alpha value is -3.15. The van der Waals surface area contributed by atoms with Crippen molar-refractivity contribution in [3.8, 4) is 0 Å². The van der Waals surface area contributed by atoms with E-state index in [1.54, 1.807) is 0 Å². The van der Waals surface area contributed by atoms with Crippen LogP contribution in [0.4, 0.5) is 0 Å². The fourth-order valence-corrected chi connectivity index (χ4v) is 10.2. The zero-order valence-electron chi connectivity index (χ0n) is 53.3. The molecule has 0 N–H and O–H groups in total. The van der Waals surface area contributed by atoms with Crippen molar-refractivity contribution in [3.63, 3.8) is 0 Å². The molecule has 0 aromatic rings. The highest BCUT2D eigenvalue weighted by Crippen LogP contribution is 2.18. The fraction of sp³-hybridized carbons (Fsp3) is 0.797. The standard InChI is InChI=1S/C74H132O6/c1-4-7-10-13-16-19-22-24-26-28-30-31-32-33-34-35-36-37-38-39-40-41-42-43-45-46-48-50-52-55-58-61-64-67-73(76)79-70-71(69-78-72(75)66-63-60-57-54-21-18-15-12-9-6-3)80-74(77)68-65-62-59-56-53-51-49-47-44-29-27-25-23-20-17-14-11-8-5-2/h8,11,17,20,22,24-25,27-28,30,44,47,71H,4-7,9-10,12-16,18-19,21,23,26,29,31-43,45-46,48-70H2,1-3H3/b11-8-,20-17-,24-22-,27-25-,30-28-,47-44-. The van der Waals surface area contributed by atoms with Crippen LogP contribution in [0.15, 0.2) is 72.9 Å². The van der Waals surface area contributed by atoms with Gasteiger partial charge in [-0.25, -0.2) is 0 Å². The second-order valence-electron chi connectivity index (χ2n) is 23.4. The summed E-state index contributed by atoms with van der Waals surface area (Å²) in [6.45, 7) is 6.54. The Kier molecular flexibility index (Phi) is 65.7. The van der Waals surface area contributed by atoms with Gasteiger partial charge in [0.05, 0.1) is 0 Å². The van der Waals surface area contributed by atoms with Crippen LogP contribution in [0.25, 0.3) is 0 Å². The molecule has 80 heavy (non-hydrogen) atoms. The van der Waals surface area contributed by atoms with Crippen LogP contribution in [-0.2, 0) is 28.6 Å². The Labute approximate surface area is 497 Å². The molecule has 6 heteroatoms. The third-order valence-corrected chi connectivity index (χ3v) is 15.4. The molecule has 6 nitrogen and oxygen atoms in total. The number of hydrogen-bond donors (Lipinski definition) is 0. The van der Waals surface area contributed by atoms with E-state index in [-0.39, 0.29) is 31.1 Å². The molecule has 0 saturated carbocycles. The minimum atomic E-state index is -0.780. The average Bonchev–Trinajstić information content (AvgIpc) is 3.46. The fourth-order valence-electron chi connectivity index (χ4n) is 10.2. The van der Waals surface area contributed by atoms with Gasteiger partial charge in [-0.05, 0) is 89.9 Å². The zero-order chi connectivity index (χ0) is 57.8. The lowest BCUT2D eigenvalue weighted by Gasteiger charge is -2.18. The van der Waals surface area contributed by atoms with Gasteiger partial charge in [0.25, 0.3) is 0 Å². The Morgan fingerprint density at radius 3 is 0.762 bits per heavy atom. The van der Waals surface area contributed by atoms with Gasteiger partial charge in [-0.1, -0.05) is 325 Å². The minimum Gasteiger partial charge on any atom is -0.462 e. The van der Waals surface area contributed by atoms with Crippen LogP contribution in [0.3, 0.4) is 0 Å². The monoisotopic (exact) mass is 1120 g/mol. The predicted molar refractivity (Wildman–Crippen MR) is 348 cm³/mol. The highest BCUT2D eigenvalue weighted by molar-refractivity contribution is 5.71. The summed E-state index contributed by atoms with van der Waals surface area (Å²) in [5, 5.41) is 0. The summed E-state index contributed by atoms with van der Waals surface area (Å²) in [5.74, 6) is -0.874. The van der Waals surface area contributed by atoms with Crippen molar-refractivity contribution in [2.24, 2.45) is 0 Å². The molecule has 464 valence electrons. The first-order valence-electron chi connectivity index (χ1n) is 34.9. The van der Waals surface area contributed by atoms with Crippen molar-refractivity contribution in [1.29, 1.82) is 0 Å². The molecule has 0 radical (unpaired) electrons. The first-order chi connectivity index (χ1) is 39.5. The van der Waals surface area contributed by atoms with Gasteiger partial charge in [0.15, 0.2) is 6.10 Å². The Balaban J connectivity index is 4.10. The van der Waals surface area contributed by atoms with Crippen LogP contribution in [0.1, 0.15) is 361 Å². The number of rotatable bonds is 64. The maximum atomic E-state index is 12.9. The van der Waals surface area contributed by atoms with Gasteiger partial charge in [0.1, 0.15) is 13.2 Å². The number of esters is 3. The van der Waals surface area contributed by atoms with Crippen LogP contribution < -0.4 is 0 Å². The van der Waals surface area contributed by atoms with Crippen molar-refractivity contribution in [2.75, 3.05) is 13.2 Å². The van der Waals surface area contributed by atoms with Gasteiger partial charge in [0, 0.05) is 19.3 Å². The third-order valence-electron chi connectivity index (χ3n) is 15.4. The molecule has 1 unspecified atom stereocenters. The molecule has 0 saturated heterocycles. The molecular weight excluding hydrogens is 985 g/mol. The Bertz CT molecular complexity index is 1470. The predicted octanol–water partition coefficient (Wildman–Crippen LogP) is 24.1. The second-order valence-corrected chi connectivity index (χ2v) is 23.4. The lowest BCUT2D eigenvalue weighted by molar-refractivity contribution is -0.167. The zero-order valence-corrected chi connectivity index (χ0v) is 53.3. The van der Waals surface area contributed by atoms with E-state index in [9.17, 15) is 14.4 Å². The highest BCUT2D eigenvalue weighted by Gasteiger charge is 2.19. The number of carbonyl (C=O) groups excluding carboxylic acids is 3. The van der Waals surface area contributed by atoms with Crippen molar-refractivity contribution in [3.05, 3.63) is 72.9 Å². The highest BCUT2D eigenvalue weighted by atomic mass is 16.6. The molecular formula is C74H132O6. The quantitative estimate of drug-likeness (QED) is 0.0261. The average molecular weight is 1120 g/mol. The number of unbranched alkanes of at least 4 members (excludes halogenated alkanes) is 41. The third kappa shape index (κ3) is 65.7. The van der Waals surface area contributed by atoms with Crippen molar-refractivity contribution in [2.45, 2.75) is 367 Å².